The molecule has 0 unspecified atom stereocenters. The fraction of sp³-hybridized carbons (Fsp3) is 0.156. The third kappa shape index (κ3) is 12.5. The zero-order chi connectivity index (χ0) is 44.2. The van der Waals surface area contributed by atoms with Gasteiger partial charge >= 0.3 is 18.1 Å². The largest absolute Gasteiger partial charge is 0.478 e. The van der Waals surface area contributed by atoms with Crippen LogP contribution >= 0.6 is 0 Å². The number of carboxylic acid groups (broad SMARTS) is 2. The van der Waals surface area contributed by atoms with Crippen molar-refractivity contribution in [3.8, 4) is 0 Å². The number of para-hydroxylation sites is 2. The molecular formula is C45H40F4N2O8S2. The summed E-state index contributed by atoms with van der Waals surface area (Å²) < 4.78 is 108. The number of sulfonamides is 2. The molecule has 0 saturated carbocycles. The van der Waals surface area contributed by atoms with Crippen molar-refractivity contribution < 1.29 is 54.2 Å². The molecule has 0 aliphatic heterocycles. The van der Waals surface area contributed by atoms with Gasteiger partial charge in [-0.2, -0.15) is 13.2 Å². The number of carboxylic acids is 2. The van der Waals surface area contributed by atoms with Gasteiger partial charge in [-0.25, -0.2) is 30.8 Å². The summed E-state index contributed by atoms with van der Waals surface area (Å²) in [4.78, 5) is 21.8. The first kappa shape index (κ1) is 45.6. The first-order chi connectivity index (χ1) is 29.0. The first-order valence-corrected chi connectivity index (χ1v) is 21.7. The monoisotopic (exact) mass is 876 g/mol. The van der Waals surface area contributed by atoms with Crippen LogP contribution in [0.4, 0.5) is 28.9 Å². The second-order valence-electron chi connectivity index (χ2n) is 13.6. The van der Waals surface area contributed by atoms with Crippen LogP contribution in [0, 0.1) is 5.82 Å². The summed E-state index contributed by atoms with van der Waals surface area (Å²) in [5.41, 5.74) is 2.64. The van der Waals surface area contributed by atoms with Gasteiger partial charge in [-0.05, 0) is 121 Å². The highest BCUT2D eigenvalue weighted by atomic mass is 32.2. The first-order valence-electron chi connectivity index (χ1n) is 18.7. The van der Waals surface area contributed by atoms with Gasteiger partial charge in [0.05, 0.1) is 37.9 Å². The fourth-order valence-electron chi connectivity index (χ4n) is 6.46. The Bertz CT molecular complexity index is 2710. The molecule has 0 aliphatic carbocycles. The minimum atomic E-state index is -4.82. The number of carbonyl (C=O) groups is 2. The van der Waals surface area contributed by atoms with E-state index in [1.54, 1.807) is 72.8 Å². The molecule has 6 aromatic rings. The molecular weight excluding hydrogens is 837 g/mol. The lowest BCUT2D eigenvalue weighted by atomic mass is 9.99. The minimum absolute atomic E-state index is 0.0240. The van der Waals surface area contributed by atoms with E-state index in [-0.39, 0.29) is 21.7 Å². The Morgan fingerprint density at radius 3 is 1.33 bits per heavy atom. The molecule has 16 heteroatoms. The average molecular weight is 877 g/mol. The molecule has 0 spiro atoms. The van der Waals surface area contributed by atoms with E-state index in [1.165, 1.54) is 30.3 Å². The molecule has 4 N–H and O–H groups in total. The lowest BCUT2D eigenvalue weighted by Gasteiger charge is -2.16. The number of aromatic carboxylic acids is 2. The predicted molar refractivity (Wildman–Crippen MR) is 223 cm³/mol. The second-order valence-corrected chi connectivity index (χ2v) is 16.9. The molecule has 0 aliphatic rings. The number of aryl methyl sites for hydroxylation is 4. The Labute approximate surface area is 350 Å². The second kappa shape index (κ2) is 20.2. The number of rotatable bonds is 16. The van der Waals surface area contributed by atoms with Gasteiger partial charge in [-0.15, -0.1) is 0 Å². The van der Waals surface area contributed by atoms with Crippen LogP contribution in [0.2, 0.25) is 0 Å². The van der Waals surface area contributed by atoms with E-state index in [0.717, 1.165) is 41.5 Å². The fourth-order valence-corrected chi connectivity index (χ4v) is 8.89. The Kier molecular flexibility index (Phi) is 15.1. The Balaban J connectivity index is 0.000000232. The van der Waals surface area contributed by atoms with E-state index in [9.17, 15) is 54.2 Å². The van der Waals surface area contributed by atoms with Crippen LogP contribution in [0.15, 0.2) is 155 Å². The lowest BCUT2D eigenvalue weighted by Crippen LogP contribution is -2.19. The number of anilines is 2. The lowest BCUT2D eigenvalue weighted by molar-refractivity contribution is -0.139. The van der Waals surface area contributed by atoms with E-state index in [4.69, 9.17) is 0 Å². The summed E-state index contributed by atoms with van der Waals surface area (Å²) in [6, 6.07) is 35.5. The predicted octanol–water partition coefficient (Wildman–Crippen LogP) is 9.88. The van der Waals surface area contributed by atoms with Crippen molar-refractivity contribution in [1.29, 1.82) is 0 Å². The molecule has 0 atom stereocenters. The van der Waals surface area contributed by atoms with E-state index >= 15 is 0 Å². The van der Waals surface area contributed by atoms with E-state index in [2.05, 4.69) is 9.44 Å². The summed E-state index contributed by atoms with van der Waals surface area (Å²) in [6.07, 6.45) is -1.68. The van der Waals surface area contributed by atoms with Gasteiger partial charge in [0.15, 0.2) is 0 Å². The summed E-state index contributed by atoms with van der Waals surface area (Å²) >= 11 is 0. The number of hydrogen-bond donors (Lipinski definition) is 4. The minimum Gasteiger partial charge on any atom is -0.478 e. The zero-order valence-corrected chi connectivity index (χ0v) is 33.9. The molecule has 6 rings (SSSR count). The van der Waals surface area contributed by atoms with Gasteiger partial charge in [0.25, 0.3) is 20.0 Å². The summed E-state index contributed by atoms with van der Waals surface area (Å²) in [6.45, 7) is 0. The molecule has 6 aromatic carbocycles. The van der Waals surface area contributed by atoms with Crippen molar-refractivity contribution in [2.24, 2.45) is 0 Å². The molecule has 0 aromatic heterocycles. The van der Waals surface area contributed by atoms with Crippen LogP contribution in [-0.4, -0.2) is 39.0 Å². The van der Waals surface area contributed by atoms with Gasteiger partial charge < -0.3 is 10.2 Å². The third-order valence-electron chi connectivity index (χ3n) is 9.41. The molecule has 318 valence electrons. The standard InChI is InChI=1S/C23H20F3NO4S.C22H20FNO4S/c24-23(25,26)19-13-4-6-15-21(19)32(30,31)27-20-14-5-2-9-17(20)11-7-10-16-8-1-3-12-18(16)22(28)29;23-18-12-14-19(15-13-18)29(27,28)24-21-11-4-2-7-17(21)9-5-8-16-6-1-3-10-20(16)22(25)26/h1-6,8-9,12-15,27H,7,10-11H2,(H,28,29);1-4,6-7,10-15,24H,5,8-9H2,(H,25,26). The topological polar surface area (TPSA) is 167 Å². The smallest absolute Gasteiger partial charge is 0.417 e. The van der Waals surface area contributed by atoms with Crippen LogP contribution < -0.4 is 9.44 Å². The van der Waals surface area contributed by atoms with E-state index in [1.807, 2.05) is 12.1 Å². The normalized spacial score (nSPS) is 11.5. The van der Waals surface area contributed by atoms with Gasteiger partial charge in [0.2, 0.25) is 0 Å². The van der Waals surface area contributed by atoms with Crippen LogP contribution in [0.5, 0.6) is 0 Å². The van der Waals surface area contributed by atoms with Crippen molar-refractivity contribution in [3.05, 3.63) is 190 Å². The van der Waals surface area contributed by atoms with E-state index in [0.29, 0.717) is 55.3 Å². The number of halogens is 4. The van der Waals surface area contributed by atoms with E-state index < -0.39 is 54.4 Å². The van der Waals surface area contributed by atoms with Crippen molar-refractivity contribution >= 4 is 43.4 Å². The van der Waals surface area contributed by atoms with Crippen molar-refractivity contribution in [1.82, 2.24) is 0 Å². The SMILES string of the molecule is O=C(O)c1ccccc1CCCc1ccccc1NS(=O)(=O)c1ccc(F)cc1.O=C(O)c1ccccc1CCCc1ccccc1NS(=O)(=O)c1ccccc1C(F)(F)F. The quantitative estimate of drug-likeness (QED) is 0.0698. The Hall–Kier alpha value is -6.52. The number of hydrogen-bond acceptors (Lipinski definition) is 6. The average Bonchev–Trinajstić information content (AvgIpc) is 3.22. The molecule has 0 saturated heterocycles. The number of benzene rings is 6. The molecule has 61 heavy (non-hydrogen) atoms. The van der Waals surface area contributed by atoms with Crippen LogP contribution in [0.1, 0.15) is 61.4 Å². The summed E-state index contributed by atoms with van der Waals surface area (Å²) in [5.74, 6) is -2.50. The maximum atomic E-state index is 13.3. The van der Waals surface area contributed by atoms with Crippen molar-refractivity contribution in [3.63, 3.8) is 0 Å². The molecule has 0 radical (unpaired) electrons. The van der Waals surface area contributed by atoms with Crippen LogP contribution in [0.3, 0.4) is 0 Å². The van der Waals surface area contributed by atoms with Crippen LogP contribution in [-0.2, 0) is 51.9 Å². The molecule has 0 heterocycles. The van der Waals surface area contributed by atoms with Gasteiger partial charge in [-0.3, -0.25) is 9.44 Å². The van der Waals surface area contributed by atoms with Crippen molar-refractivity contribution in [2.75, 3.05) is 9.44 Å². The molecule has 0 amide bonds. The molecule has 10 nitrogen and oxygen atoms in total. The maximum absolute atomic E-state index is 13.3. The Morgan fingerprint density at radius 1 is 0.492 bits per heavy atom. The van der Waals surface area contributed by atoms with Gasteiger partial charge in [0.1, 0.15) is 5.82 Å². The number of nitrogens with one attached hydrogen (secondary N) is 2. The molecule has 0 bridgehead atoms. The van der Waals surface area contributed by atoms with Crippen molar-refractivity contribution in [2.45, 2.75) is 54.5 Å². The summed E-state index contributed by atoms with van der Waals surface area (Å²) in [5, 5.41) is 18.6. The summed E-state index contributed by atoms with van der Waals surface area (Å²) in [7, 11) is -8.33. The molecule has 0 fully saturated rings. The zero-order valence-electron chi connectivity index (χ0n) is 32.3. The highest BCUT2D eigenvalue weighted by Crippen LogP contribution is 2.35. The maximum Gasteiger partial charge on any atom is 0.417 e. The van der Waals surface area contributed by atoms with Gasteiger partial charge in [-0.1, -0.05) is 84.9 Å². The third-order valence-corrected chi connectivity index (χ3v) is 12.2. The van der Waals surface area contributed by atoms with Crippen LogP contribution in [0.25, 0.3) is 0 Å². The highest BCUT2D eigenvalue weighted by molar-refractivity contribution is 7.93. The van der Waals surface area contributed by atoms with Gasteiger partial charge in [0, 0.05) is 0 Å². The number of alkyl halides is 3. The highest BCUT2D eigenvalue weighted by Gasteiger charge is 2.37. The Morgan fingerprint density at radius 2 is 0.869 bits per heavy atom.